The first kappa shape index (κ1) is 21.7. The molecule has 0 aliphatic carbocycles. The number of sulfonamides is 1. The Morgan fingerprint density at radius 3 is 2.60 bits per heavy atom. The molecule has 0 radical (unpaired) electrons. The molecule has 1 unspecified atom stereocenters. The van der Waals surface area contributed by atoms with Gasteiger partial charge in [0.1, 0.15) is 16.6 Å². The minimum atomic E-state index is -4.00. The zero-order valence-electron chi connectivity index (χ0n) is 16.9. The number of benzene rings is 1. The second-order valence-corrected chi connectivity index (χ2v) is 8.95. The Morgan fingerprint density at radius 2 is 1.93 bits per heavy atom. The summed E-state index contributed by atoms with van der Waals surface area (Å²) in [6.07, 6.45) is 2.22. The third-order valence-corrected chi connectivity index (χ3v) is 6.90. The number of carbonyl (C=O) groups is 3. The number of esters is 1. The number of amides is 1. The lowest BCUT2D eigenvalue weighted by molar-refractivity contribution is -0.119. The van der Waals surface area contributed by atoms with E-state index < -0.39 is 27.9 Å². The Labute approximate surface area is 174 Å². The number of Topliss-reactive ketones (excluding diaryl/α,β-unsaturated/α-hetero) is 1. The van der Waals surface area contributed by atoms with Crippen LogP contribution in [0.25, 0.3) is 0 Å². The Kier molecular flexibility index (Phi) is 6.09. The first-order valence-electron chi connectivity index (χ1n) is 9.33. The maximum atomic E-state index is 13.2. The monoisotopic (exact) mass is 433 g/mol. The fourth-order valence-corrected chi connectivity index (χ4v) is 5.18. The summed E-state index contributed by atoms with van der Waals surface area (Å²) >= 11 is 0. The Hall–Kier alpha value is -2.98. The van der Waals surface area contributed by atoms with Gasteiger partial charge in [-0.15, -0.1) is 0 Å². The molecular weight excluding hydrogens is 410 g/mol. The average Bonchev–Trinajstić information content (AvgIpc) is 3.35. The smallest absolute Gasteiger partial charge is 0.354 e. The van der Waals surface area contributed by atoms with Crippen molar-refractivity contribution >= 4 is 33.4 Å². The molecule has 1 fully saturated rings. The second-order valence-electron chi connectivity index (χ2n) is 7.06. The number of anilines is 1. The third-order valence-electron chi connectivity index (χ3n) is 5.02. The zero-order valence-corrected chi connectivity index (χ0v) is 17.7. The van der Waals surface area contributed by atoms with E-state index in [9.17, 15) is 22.8 Å². The lowest BCUT2D eigenvalue weighted by Gasteiger charge is -2.23. The van der Waals surface area contributed by atoms with E-state index in [1.165, 1.54) is 30.9 Å². The van der Waals surface area contributed by atoms with Crippen LogP contribution in [0.1, 0.15) is 40.6 Å². The SMILES string of the molecule is COC(=O)c1cc(S(=O)(=O)N2CCCC2C(=O)Nc2cccc(C(C)=O)c2)cn1C. The standard InChI is InChI=1S/C20H23N3O6S/c1-13(24)14-6-4-7-15(10-14)21-19(25)17-8-5-9-23(17)30(27,28)16-11-18(20(26)29-3)22(2)12-16/h4,6-7,10-12,17H,5,8-9H2,1-3H3,(H,21,25). The second kappa shape index (κ2) is 8.41. The van der Waals surface area contributed by atoms with Crippen molar-refractivity contribution in [1.29, 1.82) is 0 Å². The van der Waals surface area contributed by atoms with Crippen molar-refractivity contribution in [2.45, 2.75) is 30.7 Å². The summed E-state index contributed by atoms with van der Waals surface area (Å²) < 4.78 is 33.5. The summed E-state index contributed by atoms with van der Waals surface area (Å²) in [6, 6.07) is 6.82. The molecule has 9 nitrogen and oxygen atoms in total. The van der Waals surface area contributed by atoms with Crippen LogP contribution in [0, 0.1) is 0 Å². The highest BCUT2D eigenvalue weighted by Crippen LogP contribution is 2.28. The maximum Gasteiger partial charge on any atom is 0.354 e. The van der Waals surface area contributed by atoms with Gasteiger partial charge in [0, 0.05) is 31.0 Å². The molecule has 2 aromatic rings. The number of rotatable bonds is 6. The van der Waals surface area contributed by atoms with Crippen molar-refractivity contribution in [3.63, 3.8) is 0 Å². The lowest BCUT2D eigenvalue weighted by Crippen LogP contribution is -2.43. The van der Waals surface area contributed by atoms with Gasteiger partial charge in [-0.2, -0.15) is 4.31 Å². The van der Waals surface area contributed by atoms with Crippen LogP contribution in [0.5, 0.6) is 0 Å². The first-order chi connectivity index (χ1) is 14.1. The molecule has 1 aliphatic heterocycles. The number of aromatic nitrogens is 1. The number of ketones is 1. The molecule has 1 saturated heterocycles. The Morgan fingerprint density at radius 1 is 1.20 bits per heavy atom. The van der Waals surface area contributed by atoms with Gasteiger partial charge in [0.15, 0.2) is 5.78 Å². The van der Waals surface area contributed by atoms with Crippen molar-refractivity contribution in [2.24, 2.45) is 7.05 Å². The highest BCUT2D eigenvalue weighted by Gasteiger charge is 2.40. The summed E-state index contributed by atoms with van der Waals surface area (Å²) in [7, 11) is -1.24. The number of carbonyl (C=O) groups excluding carboxylic acids is 3. The normalized spacial score (nSPS) is 17.0. The fourth-order valence-electron chi connectivity index (χ4n) is 3.45. The predicted octanol–water partition coefficient (Wildman–Crippen LogP) is 1.81. The molecule has 30 heavy (non-hydrogen) atoms. The van der Waals surface area contributed by atoms with Gasteiger partial charge in [0.05, 0.1) is 7.11 Å². The molecule has 1 aromatic carbocycles. The van der Waals surface area contributed by atoms with Crippen molar-refractivity contribution in [2.75, 3.05) is 19.0 Å². The fraction of sp³-hybridized carbons (Fsp3) is 0.350. The van der Waals surface area contributed by atoms with E-state index in [1.807, 2.05) is 0 Å². The van der Waals surface area contributed by atoms with E-state index in [4.69, 9.17) is 0 Å². The molecular formula is C20H23N3O6S. The highest BCUT2D eigenvalue weighted by molar-refractivity contribution is 7.89. The van der Waals surface area contributed by atoms with Crippen LogP contribution in [0.15, 0.2) is 41.4 Å². The van der Waals surface area contributed by atoms with Gasteiger partial charge in [0.2, 0.25) is 15.9 Å². The molecule has 1 amide bonds. The summed E-state index contributed by atoms with van der Waals surface area (Å²) in [5.74, 6) is -1.26. The minimum Gasteiger partial charge on any atom is -0.464 e. The zero-order chi connectivity index (χ0) is 22.1. The number of hydrogen-bond acceptors (Lipinski definition) is 6. The third kappa shape index (κ3) is 4.14. The van der Waals surface area contributed by atoms with Crippen LogP contribution < -0.4 is 5.32 Å². The van der Waals surface area contributed by atoms with Crippen molar-refractivity contribution in [1.82, 2.24) is 8.87 Å². The number of aryl methyl sites for hydroxylation is 1. The minimum absolute atomic E-state index is 0.0799. The Bertz CT molecular complexity index is 1110. The van der Waals surface area contributed by atoms with E-state index in [0.717, 1.165) is 4.31 Å². The van der Waals surface area contributed by atoms with Crippen molar-refractivity contribution in [3.8, 4) is 0 Å². The molecule has 1 N–H and O–H groups in total. The average molecular weight is 433 g/mol. The molecule has 0 bridgehead atoms. The van der Waals surface area contributed by atoms with Crippen molar-refractivity contribution in [3.05, 3.63) is 47.8 Å². The van der Waals surface area contributed by atoms with Gasteiger partial charge < -0.3 is 14.6 Å². The van der Waals surface area contributed by atoms with Gasteiger partial charge >= 0.3 is 5.97 Å². The van der Waals surface area contributed by atoms with E-state index in [0.29, 0.717) is 24.1 Å². The van der Waals surface area contributed by atoms with E-state index in [2.05, 4.69) is 10.1 Å². The predicted molar refractivity (Wildman–Crippen MR) is 109 cm³/mol. The first-order valence-corrected chi connectivity index (χ1v) is 10.8. The molecule has 0 saturated carbocycles. The number of methoxy groups -OCH3 is 1. The molecule has 2 heterocycles. The quantitative estimate of drug-likeness (QED) is 0.549. The largest absolute Gasteiger partial charge is 0.464 e. The number of nitrogens with one attached hydrogen (secondary N) is 1. The van der Waals surface area contributed by atoms with Crippen LogP contribution in [0.2, 0.25) is 0 Å². The van der Waals surface area contributed by atoms with Crippen molar-refractivity contribution < 1.29 is 27.5 Å². The number of hydrogen-bond donors (Lipinski definition) is 1. The van der Waals surface area contributed by atoms with Gasteiger partial charge in [-0.25, -0.2) is 13.2 Å². The van der Waals surface area contributed by atoms with Gasteiger partial charge in [-0.1, -0.05) is 12.1 Å². The number of nitrogens with zero attached hydrogens (tertiary/aromatic N) is 2. The van der Waals surface area contributed by atoms with Crippen LogP contribution in [-0.4, -0.2) is 54.6 Å². The molecule has 3 rings (SSSR count). The molecule has 10 heteroatoms. The summed E-state index contributed by atoms with van der Waals surface area (Å²) in [4.78, 5) is 36.1. The topological polar surface area (TPSA) is 115 Å². The molecule has 160 valence electrons. The molecule has 1 atom stereocenters. The molecule has 1 aliphatic rings. The number of ether oxygens (including phenoxy) is 1. The van der Waals surface area contributed by atoms with Crippen LogP contribution in [0.4, 0.5) is 5.69 Å². The maximum absolute atomic E-state index is 13.2. The van der Waals surface area contributed by atoms with E-state index in [-0.39, 0.29) is 22.9 Å². The summed E-state index contributed by atoms with van der Waals surface area (Å²) in [5, 5.41) is 2.70. The summed E-state index contributed by atoms with van der Waals surface area (Å²) in [5.41, 5.74) is 0.963. The molecule has 1 aromatic heterocycles. The van der Waals surface area contributed by atoms with E-state index >= 15 is 0 Å². The summed E-state index contributed by atoms with van der Waals surface area (Å²) in [6.45, 7) is 1.62. The lowest BCUT2D eigenvalue weighted by atomic mass is 10.1. The van der Waals surface area contributed by atoms with Crippen LogP contribution in [0.3, 0.4) is 0 Å². The highest BCUT2D eigenvalue weighted by atomic mass is 32.2. The molecule has 0 spiro atoms. The van der Waals surface area contributed by atoms with Gasteiger partial charge in [0.25, 0.3) is 0 Å². The Balaban J connectivity index is 1.84. The van der Waals surface area contributed by atoms with Crippen LogP contribution >= 0.6 is 0 Å². The van der Waals surface area contributed by atoms with Gasteiger partial charge in [-0.3, -0.25) is 9.59 Å². The van der Waals surface area contributed by atoms with Crippen LogP contribution in [-0.2, 0) is 26.6 Å². The van der Waals surface area contributed by atoms with Gasteiger partial charge in [-0.05, 0) is 38.0 Å². The van der Waals surface area contributed by atoms with E-state index in [1.54, 1.807) is 31.3 Å².